The molecule has 0 aliphatic carbocycles. The molecule has 0 fully saturated rings. The van der Waals surface area contributed by atoms with Crippen molar-refractivity contribution < 1.29 is 4.79 Å². The minimum Gasteiger partial charge on any atom is -0.316 e. The van der Waals surface area contributed by atoms with E-state index >= 15 is 0 Å². The minimum atomic E-state index is 0.204. The molecule has 0 aliphatic rings. The Labute approximate surface area is 109 Å². The maximum Gasteiger partial charge on any atom is 0.122 e. The molecule has 1 N–H and O–H groups in total. The summed E-state index contributed by atoms with van der Waals surface area (Å²) in [6, 6.07) is 15.0. The third-order valence-corrected chi connectivity index (χ3v) is 2.47. The van der Waals surface area contributed by atoms with Crippen molar-refractivity contribution in [2.45, 2.75) is 20.4 Å². The zero-order valence-corrected chi connectivity index (χ0v) is 11.3. The van der Waals surface area contributed by atoms with Gasteiger partial charge in [-0.15, -0.1) is 0 Å². The van der Waals surface area contributed by atoms with E-state index in [9.17, 15) is 4.79 Å². The maximum absolute atomic E-state index is 9.50. The Bertz CT molecular complexity index is 491. The van der Waals surface area contributed by atoms with E-state index < -0.39 is 0 Å². The second-order valence-electron chi connectivity index (χ2n) is 4.59. The molecule has 0 saturated carbocycles. The first kappa shape index (κ1) is 14.4. The fourth-order valence-electron chi connectivity index (χ4n) is 1.55. The third kappa shape index (κ3) is 4.68. The molecule has 0 amide bonds. The standard InChI is InChI=1S/C12H13N.C4H8O/c1-13-9-10-6-7-11-4-2-3-5-12(11)8-10;1-4(2)3-5/h2-8,13H,9H2,1H3;3-4H,1-2H3. The lowest BCUT2D eigenvalue weighted by Crippen LogP contribution is -2.04. The average Bonchev–Trinajstić information content (AvgIpc) is 2.39. The minimum absolute atomic E-state index is 0.204. The first-order valence-electron chi connectivity index (χ1n) is 6.25. The van der Waals surface area contributed by atoms with Crippen LogP contribution in [0.3, 0.4) is 0 Å². The lowest BCUT2D eigenvalue weighted by Gasteiger charge is -2.02. The molecule has 18 heavy (non-hydrogen) atoms. The SMILES string of the molecule is CC(C)C=O.CNCc1ccc2ccccc2c1. The Balaban J connectivity index is 0.000000280. The molecule has 0 unspecified atom stereocenters. The monoisotopic (exact) mass is 243 g/mol. The normalized spacial score (nSPS) is 10.0. The first-order valence-corrected chi connectivity index (χ1v) is 6.25. The van der Waals surface area contributed by atoms with Crippen molar-refractivity contribution in [3.05, 3.63) is 48.0 Å². The first-order chi connectivity index (χ1) is 8.67. The number of fused-ring (bicyclic) bond motifs is 1. The Morgan fingerprint density at radius 2 is 1.72 bits per heavy atom. The van der Waals surface area contributed by atoms with Crippen LogP contribution in [-0.2, 0) is 11.3 Å². The summed E-state index contributed by atoms with van der Waals surface area (Å²) in [6.45, 7) is 4.64. The molecule has 2 heteroatoms. The van der Waals surface area contributed by atoms with Gasteiger partial charge in [-0.1, -0.05) is 50.2 Å². The van der Waals surface area contributed by atoms with Crippen molar-refractivity contribution in [1.82, 2.24) is 5.32 Å². The zero-order valence-electron chi connectivity index (χ0n) is 11.3. The van der Waals surface area contributed by atoms with E-state index in [1.165, 1.54) is 16.3 Å². The number of benzene rings is 2. The van der Waals surface area contributed by atoms with Gasteiger partial charge in [0.25, 0.3) is 0 Å². The highest BCUT2D eigenvalue weighted by Gasteiger charge is 1.93. The lowest BCUT2D eigenvalue weighted by molar-refractivity contribution is -0.110. The number of nitrogens with one attached hydrogen (secondary N) is 1. The molecule has 0 aliphatic heterocycles. The molecule has 2 aromatic rings. The number of carbonyl (C=O) groups is 1. The summed E-state index contributed by atoms with van der Waals surface area (Å²) in [4.78, 5) is 9.50. The fourth-order valence-corrected chi connectivity index (χ4v) is 1.55. The van der Waals surface area contributed by atoms with Gasteiger partial charge < -0.3 is 10.1 Å². The van der Waals surface area contributed by atoms with Crippen molar-refractivity contribution in [3.8, 4) is 0 Å². The van der Waals surface area contributed by atoms with Crippen LogP contribution in [0.4, 0.5) is 0 Å². The van der Waals surface area contributed by atoms with E-state index in [4.69, 9.17) is 0 Å². The molecule has 96 valence electrons. The molecule has 2 nitrogen and oxygen atoms in total. The summed E-state index contributed by atoms with van der Waals surface area (Å²) in [5, 5.41) is 5.77. The van der Waals surface area contributed by atoms with Crippen LogP contribution in [0.5, 0.6) is 0 Å². The smallest absolute Gasteiger partial charge is 0.122 e. The number of hydrogen-bond donors (Lipinski definition) is 1. The molecule has 2 aromatic carbocycles. The molecular formula is C16H21NO. The number of hydrogen-bond acceptors (Lipinski definition) is 2. The van der Waals surface area contributed by atoms with E-state index in [0.29, 0.717) is 0 Å². The van der Waals surface area contributed by atoms with Crippen LogP contribution in [0.1, 0.15) is 19.4 Å². The molecule has 0 saturated heterocycles. The van der Waals surface area contributed by atoms with Gasteiger partial charge in [0.2, 0.25) is 0 Å². The van der Waals surface area contributed by atoms with E-state index in [1.807, 2.05) is 20.9 Å². The third-order valence-electron chi connectivity index (χ3n) is 2.47. The highest BCUT2D eigenvalue weighted by atomic mass is 16.1. The second kappa shape index (κ2) is 7.62. The van der Waals surface area contributed by atoms with Gasteiger partial charge in [0, 0.05) is 12.5 Å². The molecular weight excluding hydrogens is 222 g/mol. The molecule has 0 radical (unpaired) electrons. The van der Waals surface area contributed by atoms with E-state index in [1.54, 1.807) is 0 Å². The molecule has 0 aromatic heterocycles. The van der Waals surface area contributed by atoms with Gasteiger partial charge in [-0.2, -0.15) is 0 Å². The van der Waals surface area contributed by atoms with Gasteiger partial charge in [-0.05, 0) is 29.4 Å². The summed E-state index contributed by atoms with van der Waals surface area (Å²) in [6.07, 6.45) is 0.917. The van der Waals surface area contributed by atoms with Crippen LogP contribution >= 0.6 is 0 Å². The van der Waals surface area contributed by atoms with Gasteiger partial charge >= 0.3 is 0 Å². The van der Waals surface area contributed by atoms with Gasteiger partial charge in [0.1, 0.15) is 6.29 Å². The predicted molar refractivity (Wildman–Crippen MR) is 77.6 cm³/mol. The largest absolute Gasteiger partial charge is 0.316 e. The van der Waals surface area contributed by atoms with Gasteiger partial charge in [0.15, 0.2) is 0 Å². The molecule has 0 atom stereocenters. The summed E-state index contributed by atoms with van der Waals surface area (Å²) in [5.41, 5.74) is 1.33. The summed E-state index contributed by atoms with van der Waals surface area (Å²) in [5.74, 6) is 0.204. The Hall–Kier alpha value is -1.67. The zero-order chi connectivity index (χ0) is 13.4. The Kier molecular flexibility index (Phi) is 6.09. The average molecular weight is 243 g/mol. The Morgan fingerprint density at radius 3 is 2.28 bits per heavy atom. The van der Waals surface area contributed by atoms with E-state index in [2.05, 4.69) is 47.8 Å². The van der Waals surface area contributed by atoms with Gasteiger partial charge in [0.05, 0.1) is 0 Å². The van der Waals surface area contributed by atoms with Crippen molar-refractivity contribution in [2.24, 2.45) is 5.92 Å². The van der Waals surface area contributed by atoms with Crippen LogP contribution in [0.2, 0.25) is 0 Å². The van der Waals surface area contributed by atoms with Crippen molar-refractivity contribution in [2.75, 3.05) is 7.05 Å². The fraction of sp³-hybridized carbons (Fsp3) is 0.312. The van der Waals surface area contributed by atoms with Crippen molar-refractivity contribution in [3.63, 3.8) is 0 Å². The quantitative estimate of drug-likeness (QED) is 0.837. The van der Waals surface area contributed by atoms with Crippen LogP contribution < -0.4 is 5.32 Å². The summed E-state index contributed by atoms with van der Waals surface area (Å²) >= 11 is 0. The van der Waals surface area contributed by atoms with Crippen LogP contribution in [0, 0.1) is 5.92 Å². The van der Waals surface area contributed by atoms with E-state index in [-0.39, 0.29) is 5.92 Å². The Morgan fingerprint density at radius 1 is 1.11 bits per heavy atom. The maximum atomic E-state index is 9.50. The molecule has 0 spiro atoms. The van der Waals surface area contributed by atoms with Crippen molar-refractivity contribution >= 4 is 17.1 Å². The summed E-state index contributed by atoms with van der Waals surface area (Å²) < 4.78 is 0. The predicted octanol–water partition coefficient (Wildman–Crippen LogP) is 3.40. The van der Waals surface area contributed by atoms with Crippen LogP contribution in [0.15, 0.2) is 42.5 Å². The second-order valence-corrected chi connectivity index (χ2v) is 4.59. The molecule has 2 rings (SSSR count). The van der Waals surface area contributed by atoms with Crippen LogP contribution in [0.25, 0.3) is 10.8 Å². The summed E-state index contributed by atoms with van der Waals surface area (Å²) in [7, 11) is 1.97. The highest BCUT2D eigenvalue weighted by Crippen LogP contribution is 2.15. The lowest BCUT2D eigenvalue weighted by atomic mass is 10.1. The van der Waals surface area contributed by atoms with E-state index in [0.717, 1.165) is 12.8 Å². The van der Waals surface area contributed by atoms with Gasteiger partial charge in [-0.25, -0.2) is 0 Å². The number of carbonyl (C=O) groups excluding carboxylic acids is 1. The number of rotatable bonds is 3. The van der Waals surface area contributed by atoms with Crippen LogP contribution in [-0.4, -0.2) is 13.3 Å². The number of aldehydes is 1. The highest BCUT2D eigenvalue weighted by molar-refractivity contribution is 5.82. The molecule has 0 bridgehead atoms. The van der Waals surface area contributed by atoms with Crippen molar-refractivity contribution in [1.29, 1.82) is 0 Å². The topological polar surface area (TPSA) is 29.1 Å². The van der Waals surface area contributed by atoms with Gasteiger partial charge in [-0.3, -0.25) is 0 Å². The molecule has 0 heterocycles.